The van der Waals surface area contributed by atoms with E-state index in [1.807, 2.05) is 38.1 Å². The van der Waals surface area contributed by atoms with E-state index in [2.05, 4.69) is 21.2 Å². The summed E-state index contributed by atoms with van der Waals surface area (Å²) < 4.78 is 5.77. The van der Waals surface area contributed by atoms with Crippen LogP contribution in [0.1, 0.15) is 19.4 Å². The number of hydrogen-bond donors (Lipinski definition) is 1. The Balaban J connectivity index is 2.39. The summed E-state index contributed by atoms with van der Waals surface area (Å²) in [4.78, 5) is 22.6. The van der Waals surface area contributed by atoms with Gasteiger partial charge in [0.25, 0.3) is 5.91 Å². The smallest absolute Gasteiger partial charge is 0.331 e. The normalized spacial score (nSPS) is 10.7. The van der Waals surface area contributed by atoms with Gasteiger partial charge in [-0.1, -0.05) is 28.1 Å². The SMILES string of the molecule is CC(C)NC(=O)COC(=O)/C=C/c1ccc(Br)cc1. The number of hydrogen-bond acceptors (Lipinski definition) is 3. The van der Waals surface area contributed by atoms with Crippen molar-refractivity contribution in [2.45, 2.75) is 19.9 Å². The van der Waals surface area contributed by atoms with Crippen molar-refractivity contribution in [3.63, 3.8) is 0 Å². The second kappa shape index (κ2) is 7.74. The van der Waals surface area contributed by atoms with E-state index in [0.29, 0.717) is 0 Å². The van der Waals surface area contributed by atoms with Gasteiger partial charge in [-0.3, -0.25) is 4.79 Å². The first-order valence-corrected chi connectivity index (χ1v) is 6.66. The van der Waals surface area contributed by atoms with Crippen molar-refractivity contribution in [2.24, 2.45) is 0 Å². The lowest BCUT2D eigenvalue weighted by atomic mass is 10.2. The second-order valence-electron chi connectivity index (χ2n) is 4.21. The average molecular weight is 326 g/mol. The summed E-state index contributed by atoms with van der Waals surface area (Å²) >= 11 is 3.33. The van der Waals surface area contributed by atoms with Crippen LogP contribution in [-0.4, -0.2) is 24.5 Å². The van der Waals surface area contributed by atoms with Crippen LogP contribution >= 0.6 is 15.9 Å². The van der Waals surface area contributed by atoms with Crippen molar-refractivity contribution in [2.75, 3.05) is 6.61 Å². The molecule has 0 heterocycles. The number of halogens is 1. The number of ether oxygens (including phenoxy) is 1. The molecular weight excluding hydrogens is 310 g/mol. The van der Waals surface area contributed by atoms with Crippen LogP contribution in [0, 0.1) is 0 Å². The van der Waals surface area contributed by atoms with Gasteiger partial charge in [-0.2, -0.15) is 0 Å². The number of nitrogens with one attached hydrogen (secondary N) is 1. The number of benzene rings is 1. The van der Waals surface area contributed by atoms with Gasteiger partial charge in [0, 0.05) is 16.6 Å². The first-order valence-electron chi connectivity index (χ1n) is 5.87. The van der Waals surface area contributed by atoms with Crippen LogP contribution in [0.25, 0.3) is 6.08 Å². The molecule has 0 aliphatic heterocycles. The average Bonchev–Trinajstić information content (AvgIpc) is 2.35. The van der Waals surface area contributed by atoms with Crippen molar-refractivity contribution >= 4 is 33.9 Å². The summed E-state index contributed by atoms with van der Waals surface area (Å²) in [5.41, 5.74) is 0.881. The van der Waals surface area contributed by atoms with Gasteiger partial charge in [0.1, 0.15) is 0 Å². The summed E-state index contributed by atoms with van der Waals surface area (Å²) in [6.07, 6.45) is 2.93. The van der Waals surface area contributed by atoms with E-state index in [9.17, 15) is 9.59 Å². The van der Waals surface area contributed by atoms with E-state index in [0.717, 1.165) is 10.0 Å². The third-order valence-corrected chi connectivity index (χ3v) is 2.61. The first kappa shape index (κ1) is 15.4. The Morgan fingerprint density at radius 2 is 1.95 bits per heavy atom. The van der Waals surface area contributed by atoms with Crippen LogP contribution in [0.15, 0.2) is 34.8 Å². The van der Waals surface area contributed by atoms with Gasteiger partial charge in [-0.15, -0.1) is 0 Å². The van der Waals surface area contributed by atoms with Crippen LogP contribution in [-0.2, 0) is 14.3 Å². The highest BCUT2D eigenvalue weighted by Gasteiger charge is 2.05. The van der Waals surface area contributed by atoms with Crippen LogP contribution in [0.5, 0.6) is 0 Å². The monoisotopic (exact) mass is 325 g/mol. The molecule has 0 atom stereocenters. The molecule has 1 amide bonds. The van der Waals surface area contributed by atoms with Crippen LogP contribution < -0.4 is 5.32 Å². The first-order chi connectivity index (χ1) is 8.97. The maximum atomic E-state index is 11.4. The number of amides is 1. The topological polar surface area (TPSA) is 55.4 Å². The summed E-state index contributed by atoms with van der Waals surface area (Å²) in [5, 5.41) is 2.63. The highest BCUT2D eigenvalue weighted by Crippen LogP contribution is 2.11. The molecule has 0 aliphatic rings. The minimum atomic E-state index is -0.540. The fraction of sp³-hybridized carbons (Fsp3) is 0.286. The van der Waals surface area contributed by atoms with Gasteiger partial charge >= 0.3 is 5.97 Å². The molecule has 1 N–H and O–H groups in total. The maximum absolute atomic E-state index is 11.4. The predicted molar refractivity (Wildman–Crippen MR) is 77.4 cm³/mol. The van der Waals surface area contributed by atoms with Gasteiger partial charge in [-0.25, -0.2) is 4.79 Å². The summed E-state index contributed by atoms with van der Waals surface area (Å²) in [7, 11) is 0. The molecule has 0 saturated heterocycles. The molecule has 0 spiro atoms. The number of rotatable bonds is 5. The molecule has 1 aromatic rings. The maximum Gasteiger partial charge on any atom is 0.331 e. The minimum Gasteiger partial charge on any atom is -0.452 e. The Morgan fingerprint density at radius 1 is 1.32 bits per heavy atom. The zero-order chi connectivity index (χ0) is 14.3. The van der Waals surface area contributed by atoms with Crippen molar-refractivity contribution in [3.05, 3.63) is 40.4 Å². The van der Waals surface area contributed by atoms with Crippen LogP contribution in [0.3, 0.4) is 0 Å². The van der Waals surface area contributed by atoms with Gasteiger partial charge in [0.05, 0.1) is 0 Å². The van der Waals surface area contributed by atoms with Gasteiger partial charge in [0.2, 0.25) is 0 Å². The molecule has 0 unspecified atom stereocenters. The molecule has 1 rings (SSSR count). The molecule has 102 valence electrons. The van der Waals surface area contributed by atoms with Gasteiger partial charge < -0.3 is 10.1 Å². The highest BCUT2D eigenvalue weighted by atomic mass is 79.9. The Labute approximate surface area is 121 Å². The Bertz CT molecular complexity index is 466. The number of esters is 1. The molecule has 0 aliphatic carbocycles. The van der Waals surface area contributed by atoms with Crippen molar-refractivity contribution in [1.82, 2.24) is 5.32 Å². The molecule has 0 radical (unpaired) electrons. The largest absolute Gasteiger partial charge is 0.452 e. The van der Waals surface area contributed by atoms with E-state index in [-0.39, 0.29) is 18.6 Å². The molecule has 0 aromatic heterocycles. The van der Waals surface area contributed by atoms with Crippen molar-refractivity contribution in [3.8, 4) is 0 Å². The van der Waals surface area contributed by atoms with Crippen molar-refractivity contribution in [1.29, 1.82) is 0 Å². The van der Waals surface area contributed by atoms with E-state index >= 15 is 0 Å². The molecule has 0 bridgehead atoms. The Kier molecular flexibility index (Phi) is 6.29. The van der Waals surface area contributed by atoms with E-state index < -0.39 is 5.97 Å². The Morgan fingerprint density at radius 3 is 2.53 bits per heavy atom. The second-order valence-corrected chi connectivity index (χ2v) is 5.13. The summed E-state index contributed by atoms with van der Waals surface area (Å²) in [6, 6.07) is 7.51. The molecular formula is C14H16BrNO3. The standard InChI is InChI=1S/C14H16BrNO3/c1-10(2)16-13(17)9-19-14(18)8-5-11-3-6-12(15)7-4-11/h3-8,10H,9H2,1-2H3,(H,16,17)/b8-5+. The number of carbonyl (C=O) groups excluding carboxylic acids is 2. The lowest BCUT2D eigenvalue weighted by Gasteiger charge is -2.07. The van der Waals surface area contributed by atoms with E-state index in [1.54, 1.807) is 6.08 Å². The van der Waals surface area contributed by atoms with Crippen LogP contribution in [0.4, 0.5) is 0 Å². The van der Waals surface area contributed by atoms with Crippen molar-refractivity contribution < 1.29 is 14.3 Å². The molecule has 0 fully saturated rings. The summed E-state index contributed by atoms with van der Waals surface area (Å²) in [5.74, 6) is -0.845. The zero-order valence-corrected chi connectivity index (χ0v) is 12.4. The fourth-order valence-corrected chi connectivity index (χ4v) is 1.55. The van der Waals surface area contributed by atoms with E-state index in [1.165, 1.54) is 6.08 Å². The lowest BCUT2D eigenvalue weighted by molar-refractivity contribution is -0.143. The molecule has 1 aromatic carbocycles. The van der Waals surface area contributed by atoms with Gasteiger partial charge in [-0.05, 0) is 37.6 Å². The lowest BCUT2D eigenvalue weighted by Crippen LogP contribution is -2.33. The van der Waals surface area contributed by atoms with Gasteiger partial charge in [0.15, 0.2) is 6.61 Å². The Hall–Kier alpha value is -1.62. The quantitative estimate of drug-likeness (QED) is 0.668. The predicted octanol–water partition coefficient (Wildman–Crippen LogP) is 2.53. The molecule has 4 nitrogen and oxygen atoms in total. The third kappa shape index (κ3) is 6.76. The third-order valence-electron chi connectivity index (χ3n) is 2.08. The number of carbonyl (C=O) groups is 2. The molecule has 19 heavy (non-hydrogen) atoms. The highest BCUT2D eigenvalue weighted by molar-refractivity contribution is 9.10. The minimum absolute atomic E-state index is 0.0320. The molecule has 0 saturated carbocycles. The fourth-order valence-electron chi connectivity index (χ4n) is 1.29. The zero-order valence-electron chi connectivity index (χ0n) is 10.9. The molecule has 5 heteroatoms. The van der Waals surface area contributed by atoms with E-state index in [4.69, 9.17) is 4.74 Å². The van der Waals surface area contributed by atoms with Crippen LogP contribution in [0.2, 0.25) is 0 Å². The summed E-state index contributed by atoms with van der Waals surface area (Å²) in [6.45, 7) is 3.42.